The lowest BCUT2D eigenvalue weighted by Gasteiger charge is -2.26. The zero-order valence-electron chi connectivity index (χ0n) is 26.4. The van der Waals surface area contributed by atoms with E-state index in [-0.39, 0.29) is 18.8 Å². The molecule has 5 aromatic rings. The second-order valence-electron chi connectivity index (χ2n) is 11.4. The number of rotatable bonds is 9. The molecule has 0 radical (unpaired) electrons. The minimum atomic E-state index is -0.745. The summed E-state index contributed by atoms with van der Waals surface area (Å²) in [7, 11) is 0. The monoisotopic (exact) mass is 900 g/mol. The fourth-order valence-corrected chi connectivity index (χ4v) is 8.79. The minimum absolute atomic E-state index is 0.191. The van der Waals surface area contributed by atoms with Gasteiger partial charge in [-0.3, -0.25) is 9.36 Å². The Balaban J connectivity index is 1.56. The molecule has 4 aromatic carbocycles. The van der Waals surface area contributed by atoms with Crippen molar-refractivity contribution in [1.82, 2.24) is 4.57 Å². The lowest BCUT2D eigenvalue weighted by molar-refractivity contribution is -0.138. The Bertz CT molecular complexity index is 2210. The van der Waals surface area contributed by atoms with E-state index in [4.69, 9.17) is 26.1 Å². The summed E-state index contributed by atoms with van der Waals surface area (Å²) < 4.78 is 16.0. The van der Waals surface area contributed by atoms with Crippen molar-refractivity contribution >= 4 is 85.9 Å². The average molecular weight is 901 g/mol. The van der Waals surface area contributed by atoms with E-state index in [0.29, 0.717) is 37.3 Å². The van der Waals surface area contributed by atoms with Gasteiger partial charge in [0, 0.05) is 25.3 Å². The van der Waals surface area contributed by atoms with Gasteiger partial charge in [-0.1, -0.05) is 110 Å². The van der Waals surface area contributed by atoms with Crippen LogP contribution in [0.5, 0.6) is 5.75 Å². The molecule has 0 bridgehead atoms. The molecule has 0 amide bonds. The summed E-state index contributed by atoms with van der Waals surface area (Å²) in [6.07, 6.45) is 1.85. The Morgan fingerprint density at radius 2 is 1.73 bits per heavy atom. The molecule has 0 fully saturated rings. The van der Waals surface area contributed by atoms with Crippen LogP contribution in [0.1, 0.15) is 60.5 Å². The first kappa shape index (κ1) is 34.6. The second-order valence-corrected chi connectivity index (χ2v) is 15.3. The van der Waals surface area contributed by atoms with Crippen molar-refractivity contribution < 1.29 is 14.3 Å². The van der Waals surface area contributed by atoms with Gasteiger partial charge in [-0.25, -0.2) is 9.79 Å². The third-order valence-corrected chi connectivity index (χ3v) is 10.7. The highest BCUT2D eigenvalue weighted by atomic mass is 127. The maximum atomic E-state index is 14.5. The number of hydrogen-bond donors (Lipinski definition) is 0. The molecule has 0 N–H and O–H groups in total. The number of thiazole rings is 1. The number of nitrogens with zero attached hydrogens (tertiary/aromatic N) is 2. The van der Waals surface area contributed by atoms with Crippen molar-refractivity contribution in [3.05, 3.63) is 156 Å². The van der Waals surface area contributed by atoms with Gasteiger partial charge < -0.3 is 9.47 Å². The molecule has 48 heavy (non-hydrogen) atoms. The van der Waals surface area contributed by atoms with Crippen LogP contribution in [0.15, 0.2) is 106 Å². The third-order valence-electron chi connectivity index (χ3n) is 7.95. The van der Waals surface area contributed by atoms with E-state index in [9.17, 15) is 9.59 Å². The molecule has 2 heterocycles. The van der Waals surface area contributed by atoms with Crippen LogP contribution in [0, 0.1) is 7.14 Å². The molecular formula is C38H31ClI2N2O4S. The van der Waals surface area contributed by atoms with Crippen molar-refractivity contribution in [2.24, 2.45) is 4.99 Å². The van der Waals surface area contributed by atoms with Gasteiger partial charge in [0.15, 0.2) is 4.80 Å². The lowest BCUT2D eigenvalue weighted by Crippen LogP contribution is -2.40. The zero-order valence-corrected chi connectivity index (χ0v) is 32.3. The molecule has 244 valence electrons. The number of aromatic nitrogens is 1. The molecule has 1 aliphatic rings. The molecule has 0 unspecified atom stereocenters. The molecule has 0 spiro atoms. The maximum Gasteiger partial charge on any atom is 0.338 e. The summed E-state index contributed by atoms with van der Waals surface area (Å²) in [5, 5.41) is 0.626. The van der Waals surface area contributed by atoms with Crippen molar-refractivity contribution in [2.45, 2.75) is 39.3 Å². The van der Waals surface area contributed by atoms with Gasteiger partial charge in [0.1, 0.15) is 12.4 Å². The van der Waals surface area contributed by atoms with Crippen molar-refractivity contribution in [1.29, 1.82) is 0 Å². The van der Waals surface area contributed by atoms with E-state index < -0.39 is 12.0 Å². The van der Waals surface area contributed by atoms with E-state index in [1.165, 1.54) is 11.3 Å². The Morgan fingerprint density at radius 1 is 1.02 bits per heavy atom. The predicted octanol–water partition coefficient (Wildman–Crippen LogP) is 8.50. The normalized spacial score (nSPS) is 14.6. The Morgan fingerprint density at radius 3 is 2.42 bits per heavy atom. The number of fused-ring (bicyclic) bond motifs is 1. The number of esters is 1. The molecule has 0 saturated heterocycles. The number of halogens is 3. The number of ether oxygens (including phenoxy) is 2. The smallest absolute Gasteiger partial charge is 0.338 e. The first-order valence-electron chi connectivity index (χ1n) is 15.4. The summed E-state index contributed by atoms with van der Waals surface area (Å²) in [4.78, 5) is 33.8. The fraction of sp³-hybridized carbons (Fsp3) is 0.184. The van der Waals surface area contributed by atoms with Crippen LogP contribution >= 0.6 is 68.1 Å². The summed E-state index contributed by atoms with van der Waals surface area (Å²) >= 11 is 12.2. The third kappa shape index (κ3) is 7.19. The van der Waals surface area contributed by atoms with Crippen molar-refractivity contribution in [3.63, 3.8) is 0 Å². The van der Waals surface area contributed by atoms with Crippen LogP contribution in [0.25, 0.3) is 11.8 Å². The lowest BCUT2D eigenvalue weighted by atomic mass is 9.91. The van der Waals surface area contributed by atoms with Crippen LogP contribution in [0.4, 0.5) is 0 Å². The van der Waals surface area contributed by atoms with Gasteiger partial charge in [-0.2, -0.15) is 0 Å². The topological polar surface area (TPSA) is 69.9 Å². The zero-order chi connectivity index (χ0) is 33.9. The molecule has 1 aromatic heterocycles. The van der Waals surface area contributed by atoms with Crippen LogP contribution in [-0.4, -0.2) is 17.1 Å². The Hall–Kier alpha value is -3.26. The van der Waals surface area contributed by atoms with Crippen LogP contribution in [0.2, 0.25) is 5.02 Å². The first-order chi connectivity index (χ1) is 23.2. The molecular weight excluding hydrogens is 870 g/mol. The van der Waals surface area contributed by atoms with Gasteiger partial charge in [-0.05, 0) is 93.4 Å². The molecule has 0 aliphatic carbocycles. The van der Waals surface area contributed by atoms with Crippen molar-refractivity contribution in [3.8, 4) is 5.75 Å². The molecule has 1 atom stereocenters. The number of hydrogen-bond acceptors (Lipinski definition) is 6. The number of carbonyl (C=O) groups excluding carboxylic acids is 1. The maximum absolute atomic E-state index is 14.5. The Kier molecular flexibility index (Phi) is 10.9. The average Bonchev–Trinajstić information content (AvgIpc) is 3.38. The van der Waals surface area contributed by atoms with E-state index >= 15 is 0 Å². The van der Waals surface area contributed by atoms with E-state index in [0.717, 1.165) is 35.0 Å². The molecule has 6 nitrogen and oxygen atoms in total. The highest BCUT2D eigenvalue weighted by Gasteiger charge is 2.35. The van der Waals surface area contributed by atoms with Gasteiger partial charge in [0.2, 0.25) is 0 Å². The predicted molar refractivity (Wildman–Crippen MR) is 209 cm³/mol. The molecule has 10 heteroatoms. The SMILES string of the molecule is CCOC(=O)C1=C(c2ccccc2)N=c2s/c(=C\c3cc(I)cc(I)c3OCc3ccccc3Cl)c(=O)n2[C@@H]1c1ccc(C(C)C)cc1. The van der Waals surface area contributed by atoms with Gasteiger partial charge in [0.25, 0.3) is 5.56 Å². The minimum Gasteiger partial charge on any atom is -0.487 e. The van der Waals surface area contributed by atoms with E-state index in [2.05, 4.69) is 71.2 Å². The molecule has 0 saturated carbocycles. The number of benzene rings is 4. The molecule has 1 aliphatic heterocycles. The summed E-state index contributed by atoms with van der Waals surface area (Å²) in [6, 6.07) is 28.5. The first-order valence-corrected chi connectivity index (χ1v) is 18.7. The van der Waals surface area contributed by atoms with E-state index in [1.54, 1.807) is 11.5 Å². The summed E-state index contributed by atoms with van der Waals surface area (Å²) in [5.74, 6) is 0.473. The van der Waals surface area contributed by atoms with Gasteiger partial charge in [-0.15, -0.1) is 0 Å². The molecule has 6 rings (SSSR count). The van der Waals surface area contributed by atoms with E-state index in [1.807, 2.05) is 84.9 Å². The number of carbonyl (C=O) groups is 1. The Labute approximate surface area is 315 Å². The van der Waals surface area contributed by atoms with Crippen molar-refractivity contribution in [2.75, 3.05) is 6.61 Å². The van der Waals surface area contributed by atoms with Crippen LogP contribution in [-0.2, 0) is 16.1 Å². The quantitative estimate of drug-likeness (QED) is 0.110. The standard InChI is InChI=1S/C38H31ClI2N2O4S/c1-4-46-37(45)32-33(24-10-6-5-7-11-24)42-38-43(34(32)25-16-14-23(15-17-25)22(2)3)36(44)31(48-38)19-27-18-28(40)20-30(41)35(27)47-21-26-12-8-9-13-29(26)39/h5-20,22,34H,4,21H2,1-3H3/b31-19-/t34-/m1/s1. The summed E-state index contributed by atoms with van der Waals surface area (Å²) in [5.41, 5.74) is 4.91. The van der Waals surface area contributed by atoms with Crippen LogP contribution in [0.3, 0.4) is 0 Å². The van der Waals surface area contributed by atoms with Gasteiger partial charge in [0.05, 0.1) is 32.0 Å². The van der Waals surface area contributed by atoms with Gasteiger partial charge >= 0.3 is 5.97 Å². The highest BCUT2D eigenvalue weighted by Crippen LogP contribution is 2.36. The second kappa shape index (κ2) is 15.1. The largest absolute Gasteiger partial charge is 0.487 e. The van der Waals surface area contributed by atoms with Crippen LogP contribution < -0.4 is 19.6 Å². The highest BCUT2D eigenvalue weighted by molar-refractivity contribution is 14.1. The summed E-state index contributed by atoms with van der Waals surface area (Å²) in [6.45, 7) is 6.50. The fourth-order valence-electron chi connectivity index (χ4n) is 5.57.